The van der Waals surface area contributed by atoms with Crippen molar-refractivity contribution in [2.24, 2.45) is 0 Å². The van der Waals surface area contributed by atoms with Gasteiger partial charge < -0.3 is 5.11 Å². The molecule has 2 rings (SSSR count). The van der Waals surface area contributed by atoms with Crippen LogP contribution >= 0.6 is 24.0 Å². The van der Waals surface area contributed by atoms with Gasteiger partial charge in [-0.3, -0.25) is 14.5 Å². The van der Waals surface area contributed by atoms with Crippen molar-refractivity contribution in [3.63, 3.8) is 0 Å². The van der Waals surface area contributed by atoms with Crippen molar-refractivity contribution >= 4 is 46.3 Å². The predicted octanol–water partition coefficient (Wildman–Crippen LogP) is 3.37. The number of aliphatic carboxylic acids is 1. The van der Waals surface area contributed by atoms with Gasteiger partial charge in [-0.2, -0.15) is 0 Å². The number of nitrogens with zero attached hydrogens (tertiary/aromatic N) is 1. The molecule has 1 fully saturated rings. The zero-order valence-electron chi connectivity index (χ0n) is 12.5. The fraction of sp³-hybridized carbons (Fsp3) is 0.312. The molecule has 1 N–H and O–H groups in total. The molecule has 1 aliphatic heterocycles. The molecule has 1 aromatic carbocycles. The Kier molecular flexibility index (Phi) is 5.37. The first-order valence-electron chi connectivity index (χ1n) is 6.93. The van der Waals surface area contributed by atoms with Crippen molar-refractivity contribution in [1.29, 1.82) is 0 Å². The Morgan fingerprint density at radius 3 is 2.73 bits per heavy atom. The van der Waals surface area contributed by atoms with Gasteiger partial charge in [0.1, 0.15) is 4.32 Å². The van der Waals surface area contributed by atoms with Crippen LogP contribution in [-0.2, 0) is 9.59 Å². The van der Waals surface area contributed by atoms with Crippen molar-refractivity contribution in [3.8, 4) is 0 Å². The van der Waals surface area contributed by atoms with E-state index in [2.05, 4.69) is 0 Å². The number of hydrogen-bond donors (Lipinski definition) is 1. The molecule has 0 bridgehead atoms. The highest BCUT2D eigenvalue weighted by atomic mass is 32.2. The van der Waals surface area contributed by atoms with Crippen LogP contribution in [0.4, 0.5) is 0 Å². The number of thioether (sulfide) groups is 1. The van der Waals surface area contributed by atoms with Gasteiger partial charge >= 0.3 is 5.97 Å². The van der Waals surface area contributed by atoms with Crippen molar-refractivity contribution < 1.29 is 14.7 Å². The highest BCUT2D eigenvalue weighted by molar-refractivity contribution is 8.26. The number of carbonyl (C=O) groups is 2. The van der Waals surface area contributed by atoms with Gasteiger partial charge in [0.05, 0.1) is 4.91 Å². The number of carboxylic acids is 1. The normalized spacial score (nSPS) is 16.6. The Bertz CT molecular complexity index is 667. The van der Waals surface area contributed by atoms with Gasteiger partial charge in [-0.25, -0.2) is 0 Å². The van der Waals surface area contributed by atoms with Crippen molar-refractivity contribution in [2.45, 2.75) is 26.7 Å². The molecule has 116 valence electrons. The molecule has 6 heteroatoms. The molecule has 1 saturated heterocycles. The van der Waals surface area contributed by atoms with Crippen LogP contribution in [0.5, 0.6) is 0 Å². The van der Waals surface area contributed by atoms with Crippen LogP contribution in [0.25, 0.3) is 6.08 Å². The fourth-order valence-electron chi connectivity index (χ4n) is 2.09. The van der Waals surface area contributed by atoms with Crippen LogP contribution in [0.3, 0.4) is 0 Å². The maximum Gasteiger partial charge on any atom is 0.303 e. The molecule has 4 nitrogen and oxygen atoms in total. The summed E-state index contributed by atoms with van der Waals surface area (Å²) in [5.41, 5.74) is 3.35. The number of rotatable bonds is 5. The first-order chi connectivity index (χ1) is 10.4. The van der Waals surface area contributed by atoms with Crippen LogP contribution < -0.4 is 0 Å². The average molecular weight is 335 g/mol. The molecule has 0 spiro atoms. The minimum atomic E-state index is -0.865. The first kappa shape index (κ1) is 16.7. The van der Waals surface area contributed by atoms with Gasteiger partial charge in [-0.1, -0.05) is 42.2 Å². The van der Waals surface area contributed by atoms with E-state index < -0.39 is 5.97 Å². The molecule has 1 aromatic rings. The maximum absolute atomic E-state index is 12.3. The molecule has 0 atom stereocenters. The lowest BCUT2D eigenvalue weighted by Gasteiger charge is -2.13. The third-order valence-corrected chi connectivity index (χ3v) is 4.85. The molecular weight excluding hydrogens is 318 g/mol. The van der Waals surface area contributed by atoms with Crippen molar-refractivity contribution in [3.05, 3.63) is 39.8 Å². The number of aryl methyl sites for hydroxylation is 2. The van der Waals surface area contributed by atoms with Gasteiger partial charge in [-0.15, -0.1) is 0 Å². The summed E-state index contributed by atoms with van der Waals surface area (Å²) in [6.45, 7) is 4.42. The quantitative estimate of drug-likeness (QED) is 0.660. The van der Waals surface area contributed by atoms with Crippen LogP contribution in [0.1, 0.15) is 29.5 Å². The van der Waals surface area contributed by atoms with Gasteiger partial charge in [0.2, 0.25) is 0 Å². The Morgan fingerprint density at radius 1 is 1.36 bits per heavy atom. The summed E-state index contributed by atoms with van der Waals surface area (Å²) >= 11 is 6.48. The summed E-state index contributed by atoms with van der Waals surface area (Å²) in [4.78, 5) is 25.0. The van der Waals surface area contributed by atoms with Gasteiger partial charge in [0.25, 0.3) is 5.91 Å². The minimum Gasteiger partial charge on any atom is -0.481 e. The number of amides is 1. The topological polar surface area (TPSA) is 57.6 Å². The molecule has 0 aliphatic carbocycles. The number of carboxylic acid groups (broad SMARTS) is 1. The van der Waals surface area contributed by atoms with E-state index in [0.717, 1.165) is 5.56 Å². The van der Waals surface area contributed by atoms with E-state index in [1.54, 1.807) is 0 Å². The van der Waals surface area contributed by atoms with Crippen LogP contribution in [0.2, 0.25) is 0 Å². The van der Waals surface area contributed by atoms with Crippen molar-refractivity contribution in [2.75, 3.05) is 6.54 Å². The Labute approximate surface area is 139 Å². The average Bonchev–Trinajstić information content (AvgIpc) is 2.70. The summed E-state index contributed by atoms with van der Waals surface area (Å²) in [5, 5.41) is 8.66. The zero-order valence-corrected chi connectivity index (χ0v) is 14.1. The predicted molar refractivity (Wildman–Crippen MR) is 92.7 cm³/mol. The van der Waals surface area contributed by atoms with E-state index in [9.17, 15) is 9.59 Å². The SMILES string of the molecule is Cc1ccc(C=C2SC(=S)N(CCCC(=O)O)C2=O)cc1C. The highest BCUT2D eigenvalue weighted by Crippen LogP contribution is 2.32. The second kappa shape index (κ2) is 7.07. The number of benzene rings is 1. The third-order valence-electron chi connectivity index (χ3n) is 3.47. The Morgan fingerprint density at radius 2 is 2.09 bits per heavy atom. The lowest BCUT2D eigenvalue weighted by Crippen LogP contribution is -2.29. The monoisotopic (exact) mass is 335 g/mol. The zero-order chi connectivity index (χ0) is 16.3. The summed E-state index contributed by atoms with van der Waals surface area (Å²) in [7, 11) is 0. The fourth-order valence-corrected chi connectivity index (χ4v) is 3.40. The molecule has 1 aliphatic rings. The first-order valence-corrected chi connectivity index (χ1v) is 8.15. The van der Waals surface area contributed by atoms with E-state index in [0.29, 0.717) is 22.2 Å². The minimum absolute atomic E-state index is 0.0350. The largest absolute Gasteiger partial charge is 0.481 e. The smallest absolute Gasteiger partial charge is 0.303 e. The third kappa shape index (κ3) is 3.96. The molecule has 0 saturated carbocycles. The maximum atomic E-state index is 12.3. The van der Waals surface area contributed by atoms with Gasteiger partial charge in [-0.05, 0) is 43.0 Å². The van der Waals surface area contributed by atoms with Crippen molar-refractivity contribution in [1.82, 2.24) is 4.90 Å². The van der Waals surface area contributed by atoms with E-state index in [-0.39, 0.29) is 12.3 Å². The second-order valence-electron chi connectivity index (χ2n) is 5.17. The molecule has 0 aromatic heterocycles. The van der Waals surface area contributed by atoms with Crippen LogP contribution in [-0.4, -0.2) is 32.7 Å². The summed E-state index contributed by atoms with van der Waals surface area (Å²) in [5.74, 6) is -1.00. The standard InChI is InChI=1S/C16H17NO3S2/c1-10-5-6-12(8-11(10)2)9-13-15(20)17(16(21)22-13)7-3-4-14(18)19/h5-6,8-9H,3-4,7H2,1-2H3,(H,18,19). The Balaban J connectivity index is 2.11. The molecule has 1 amide bonds. The lowest BCUT2D eigenvalue weighted by molar-refractivity contribution is -0.137. The molecule has 0 unspecified atom stereocenters. The van der Waals surface area contributed by atoms with Gasteiger partial charge in [0, 0.05) is 13.0 Å². The Hall–Kier alpha value is -1.66. The number of thiocarbonyl (C=S) groups is 1. The summed E-state index contributed by atoms with van der Waals surface area (Å²) < 4.78 is 0.491. The van der Waals surface area contributed by atoms with E-state index in [1.165, 1.54) is 27.8 Å². The van der Waals surface area contributed by atoms with E-state index >= 15 is 0 Å². The second-order valence-corrected chi connectivity index (χ2v) is 6.85. The van der Waals surface area contributed by atoms with Crippen LogP contribution in [0.15, 0.2) is 23.1 Å². The van der Waals surface area contributed by atoms with Gasteiger partial charge in [0.15, 0.2) is 0 Å². The summed E-state index contributed by atoms with van der Waals surface area (Å²) in [6, 6.07) is 6.03. The molecule has 0 radical (unpaired) electrons. The molecular formula is C16H17NO3S2. The molecule has 1 heterocycles. The lowest BCUT2D eigenvalue weighted by atomic mass is 10.1. The highest BCUT2D eigenvalue weighted by Gasteiger charge is 2.31. The number of hydrogen-bond acceptors (Lipinski definition) is 4. The summed E-state index contributed by atoms with van der Waals surface area (Å²) in [6.07, 6.45) is 2.27. The van der Waals surface area contributed by atoms with Crippen LogP contribution in [0, 0.1) is 13.8 Å². The van der Waals surface area contributed by atoms with E-state index in [4.69, 9.17) is 17.3 Å². The van der Waals surface area contributed by atoms with E-state index in [1.807, 2.05) is 38.1 Å². The molecule has 22 heavy (non-hydrogen) atoms. The number of carbonyl (C=O) groups excluding carboxylic acids is 1.